The third-order valence-electron chi connectivity index (χ3n) is 2.43. The van der Waals surface area contributed by atoms with E-state index in [9.17, 15) is 4.79 Å². The van der Waals surface area contributed by atoms with Gasteiger partial charge in [0, 0.05) is 10.2 Å². The summed E-state index contributed by atoms with van der Waals surface area (Å²) in [5.74, 6) is -0.231. The average Bonchev–Trinajstić information content (AvgIpc) is 2.40. The van der Waals surface area contributed by atoms with Crippen LogP contribution in [0.15, 0.2) is 59.1 Å². The summed E-state index contributed by atoms with van der Waals surface area (Å²) in [5.41, 5.74) is 1.51. The maximum atomic E-state index is 11.9. The Balaban J connectivity index is 2.07. The molecular formula is C14H11BrClNO. The molecule has 0 aromatic heterocycles. The summed E-state index contributed by atoms with van der Waals surface area (Å²) in [5, 5.41) is 2.08. The average molecular weight is 325 g/mol. The van der Waals surface area contributed by atoms with Gasteiger partial charge in [-0.05, 0) is 29.8 Å². The highest BCUT2D eigenvalue weighted by molar-refractivity contribution is 9.10. The minimum absolute atomic E-state index is 0.231. The van der Waals surface area contributed by atoms with Gasteiger partial charge in [-0.3, -0.25) is 4.79 Å². The second-order valence-corrected chi connectivity index (χ2v) is 5.12. The van der Waals surface area contributed by atoms with E-state index in [0.29, 0.717) is 0 Å². The Bertz CT molecular complexity index is 527. The third-order valence-corrected chi connectivity index (χ3v) is 3.41. The van der Waals surface area contributed by atoms with E-state index in [1.54, 1.807) is 0 Å². The van der Waals surface area contributed by atoms with E-state index in [2.05, 4.69) is 21.2 Å². The summed E-state index contributed by atoms with van der Waals surface area (Å²) in [4.78, 5) is 11.9. The van der Waals surface area contributed by atoms with Gasteiger partial charge in [-0.1, -0.05) is 46.3 Å². The molecule has 2 aromatic carbocycles. The van der Waals surface area contributed by atoms with E-state index in [0.717, 1.165) is 15.7 Å². The molecule has 1 unspecified atom stereocenters. The molecule has 2 rings (SSSR count). The third kappa shape index (κ3) is 3.34. The van der Waals surface area contributed by atoms with E-state index in [1.165, 1.54) is 0 Å². The van der Waals surface area contributed by atoms with Crippen molar-refractivity contribution in [2.45, 2.75) is 5.38 Å². The number of benzene rings is 2. The lowest BCUT2D eigenvalue weighted by Gasteiger charge is -2.10. The maximum absolute atomic E-state index is 11.9. The first-order chi connectivity index (χ1) is 8.66. The zero-order valence-corrected chi connectivity index (χ0v) is 11.8. The fraction of sp³-hybridized carbons (Fsp3) is 0.0714. The van der Waals surface area contributed by atoms with Gasteiger partial charge in [0.25, 0.3) is 0 Å². The molecular weight excluding hydrogens is 314 g/mol. The number of anilines is 1. The minimum atomic E-state index is -0.696. The summed E-state index contributed by atoms with van der Waals surface area (Å²) < 4.78 is 0.957. The van der Waals surface area contributed by atoms with Crippen LogP contribution in [0.2, 0.25) is 0 Å². The zero-order valence-electron chi connectivity index (χ0n) is 9.44. The Morgan fingerprint density at radius 3 is 2.28 bits per heavy atom. The van der Waals surface area contributed by atoms with Crippen LogP contribution in [-0.4, -0.2) is 5.91 Å². The Morgan fingerprint density at radius 1 is 1.06 bits per heavy atom. The van der Waals surface area contributed by atoms with Crippen molar-refractivity contribution in [3.63, 3.8) is 0 Å². The number of para-hydroxylation sites is 1. The molecule has 0 saturated heterocycles. The summed E-state index contributed by atoms with van der Waals surface area (Å²) in [6.45, 7) is 0. The Labute approximate surface area is 119 Å². The van der Waals surface area contributed by atoms with Crippen LogP contribution in [-0.2, 0) is 4.79 Å². The second kappa shape index (κ2) is 6.03. The van der Waals surface area contributed by atoms with Crippen LogP contribution >= 0.6 is 27.5 Å². The van der Waals surface area contributed by atoms with Crippen molar-refractivity contribution in [3.8, 4) is 0 Å². The number of carbonyl (C=O) groups excluding carboxylic acids is 1. The van der Waals surface area contributed by atoms with Crippen molar-refractivity contribution in [3.05, 3.63) is 64.6 Å². The van der Waals surface area contributed by atoms with Gasteiger partial charge >= 0.3 is 0 Å². The first kappa shape index (κ1) is 13.1. The van der Waals surface area contributed by atoms with Gasteiger partial charge in [0.2, 0.25) is 5.91 Å². The Kier molecular flexibility index (Phi) is 4.39. The number of carbonyl (C=O) groups is 1. The van der Waals surface area contributed by atoms with Crippen molar-refractivity contribution < 1.29 is 4.79 Å². The van der Waals surface area contributed by atoms with Gasteiger partial charge in [-0.2, -0.15) is 0 Å². The molecule has 1 atom stereocenters. The zero-order chi connectivity index (χ0) is 13.0. The van der Waals surface area contributed by atoms with Crippen molar-refractivity contribution in [1.29, 1.82) is 0 Å². The molecule has 1 N–H and O–H groups in total. The lowest BCUT2D eigenvalue weighted by Crippen LogP contribution is -2.17. The normalized spacial score (nSPS) is 11.9. The predicted octanol–water partition coefficient (Wildman–Crippen LogP) is 4.37. The number of alkyl halides is 1. The standard InChI is InChI=1S/C14H11BrClNO/c15-11-8-6-10(7-9-11)13(16)14(18)17-12-4-2-1-3-5-12/h1-9,13H,(H,17,18). The fourth-order valence-electron chi connectivity index (χ4n) is 1.51. The number of nitrogens with one attached hydrogen (secondary N) is 1. The van der Waals surface area contributed by atoms with Crippen LogP contribution in [0.4, 0.5) is 5.69 Å². The molecule has 0 heterocycles. The van der Waals surface area contributed by atoms with Crippen molar-refractivity contribution >= 4 is 39.1 Å². The number of amides is 1. The molecule has 92 valence electrons. The first-order valence-corrected chi connectivity index (χ1v) is 6.65. The Morgan fingerprint density at radius 2 is 1.67 bits per heavy atom. The molecule has 0 aliphatic rings. The van der Waals surface area contributed by atoms with Gasteiger partial charge in [-0.25, -0.2) is 0 Å². The molecule has 0 spiro atoms. The smallest absolute Gasteiger partial charge is 0.246 e. The number of halogens is 2. The van der Waals surface area contributed by atoms with Crippen LogP contribution in [0.1, 0.15) is 10.9 Å². The topological polar surface area (TPSA) is 29.1 Å². The largest absolute Gasteiger partial charge is 0.325 e. The van der Waals surface area contributed by atoms with E-state index in [4.69, 9.17) is 11.6 Å². The molecule has 4 heteroatoms. The van der Waals surface area contributed by atoms with Gasteiger partial charge in [0.15, 0.2) is 0 Å². The van der Waals surface area contributed by atoms with Gasteiger partial charge in [0.1, 0.15) is 5.38 Å². The predicted molar refractivity (Wildman–Crippen MR) is 77.8 cm³/mol. The molecule has 0 saturated carbocycles. The number of rotatable bonds is 3. The molecule has 0 bridgehead atoms. The minimum Gasteiger partial charge on any atom is -0.325 e. The summed E-state index contributed by atoms with van der Waals surface area (Å²) in [6.07, 6.45) is 0. The molecule has 18 heavy (non-hydrogen) atoms. The number of hydrogen-bond donors (Lipinski definition) is 1. The summed E-state index contributed by atoms with van der Waals surface area (Å²) in [6, 6.07) is 16.6. The van der Waals surface area contributed by atoms with Crippen LogP contribution < -0.4 is 5.32 Å². The summed E-state index contributed by atoms with van der Waals surface area (Å²) >= 11 is 9.47. The highest BCUT2D eigenvalue weighted by atomic mass is 79.9. The first-order valence-electron chi connectivity index (χ1n) is 5.42. The molecule has 0 aliphatic heterocycles. The van der Waals surface area contributed by atoms with E-state index in [-0.39, 0.29) is 5.91 Å². The van der Waals surface area contributed by atoms with E-state index < -0.39 is 5.38 Å². The number of hydrogen-bond acceptors (Lipinski definition) is 1. The Hall–Kier alpha value is -1.32. The SMILES string of the molecule is O=C(Nc1ccccc1)C(Cl)c1ccc(Br)cc1. The highest BCUT2D eigenvalue weighted by Crippen LogP contribution is 2.24. The lowest BCUT2D eigenvalue weighted by atomic mass is 10.1. The highest BCUT2D eigenvalue weighted by Gasteiger charge is 2.17. The second-order valence-electron chi connectivity index (χ2n) is 3.77. The molecule has 2 nitrogen and oxygen atoms in total. The molecule has 0 fully saturated rings. The van der Waals surface area contributed by atoms with Crippen LogP contribution in [0.3, 0.4) is 0 Å². The van der Waals surface area contributed by atoms with Crippen LogP contribution in [0.25, 0.3) is 0 Å². The maximum Gasteiger partial charge on any atom is 0.246 e. The molecule has 0 aliphatic carbocycles. The van der Waals surface area contributed by atoms with Gasteiger partial charge in [0.05, 0.1) is 0 Å². The summed E-state index contributed by atoms with van der Waals surface area (Å²) in [7, 11) is 0. The van der Waals surface area contributed by atoms with Crippen LogP contribution in [0.5, 0.6) is 0 Å². The van der Waals surface area contributed by atoms with Crippen molar-refractivity contribution in [2.75, 3.05) is 5.32 Å². The monoisotopic (exact) mass is 323 g/mol. The van der Waals surface area contributed by atoms with Gasteiger partial charge < -0.3 is 5.32 Å². The molecule has 2 aromatic rings. The van der Waals surface area contributed by atoms with Crippen molar-refractivity contribution in [1.82, 2.24) is 0 Å². The molecule has 0 radical (unpaired) electrons. The quantitative estimate of drug-likeness (QED) is 0.835. The lowest BCUT2D eigenvalue weighted by molar-refractivity contribution is -0.116. The van der Waals surface area contributed by atoms with E-state index >= 15 is 0 Å². The van der Waals surface area contributed by atoms with Crippen LogP contribution in [0, 0.1) is 0 Å². The van der Waals surface area contributed by atoms with Gasteiger partial charge in [-0.15, -0.1) is 11.6 Å². The molecule has 1 amide bonds. The fourth-order valence-corrected chi connectivity index (χ4v) is 1.97. The van der Waals surface area contributed by atoms with E-state index in [1.807, 2.05) is 54.6 Å². The van der Waals surface area contributed by atoms with Crippen molar-refractivity contribution in [2.24, 2.45) is 0 Å².